The lowest BCUT2D eigenvalue weighted by Gasteiger charge is -2.34. The standard InChI is InChI=1S/C25H39BrN2O3/c1-18(2)31-23-7-8-24(26)21(16-23)15-20-10-13-28(14-11-20)12-9-19-3-5-22(6-4-19)27-25(30)17-29/h7-8,16,18-20,22,29H,3-6,9-15,17H2,1-2H3,(H,27,30). The Balaban J connectivity index is 1.36. The van der Waals surface area contributed by atoms with Crippen molar-refractivity contribution in [3.05, 3.63) is 28.2 Å². The highest BCUT2D eigenvalue weighted by atomic mass is 79.9. The van der Waals surface area contributed by atoms with Gasteiger partial charge in [0, 0.05) is 10.5 Å². The molecule has 0 bridgehead atoms. The van der Waals surface area contributed by atoms with Crippen molar-refractivity contribution in [2.75, 3.05) is 26.2 Å². The van der Waals surface area contributed by atoms with Crippen molar-refractivity contribution in [1.29, 1.82) is 0 Å². The number of likely N-dealkylation sites (tertiary alicyclic amines) is 1. The third-order valence-electron chi connectivity index (χ3n) is 6.81. The van der Waals surface area contributed by atoms with Crippen LogP contribution in [0.1, 0.15) is 64.4 Å². The Labute approximate surface area is 196 Å². The first kappa shape index (κ1) is 24.5. The number of nitrogens with zero attached hydrogens (tertiary/aromatic N) is 1. The minimum absolute atomic E-state index is 0.201. The molecule has 174 valence electrons. The fourth-order valence-corrected chi connectivity index (χ4v) is 5.42. The number of amides is 1. The summed E-state index contributed by atoms with van der Waals surface area (Å²) in [6.07, 6.45) is 9.60. The van der Waals surface area contributed by atoms with Gasteiger partial charge >= 0.3 is 0 Å². The molecule has 3 rings (SSSR count). The van der Waals surface area contributed by atoms with Crippen LogP contribution in [0, 0.1) is 11.8 Å². The lowest BCUT2D eigenvalue weighted by Crippen LogP contribution is -2.40. The van der Waals surface area contributed by atoms with Crippen LogP contribution in [0.2, 0.25) is 0 Å². The van der Waals surface area contributed by atoms with Crippen LogP contribution in [-0.4, -0.2) is 54.3 Å². The van der Waals surface area contributed by atoms with Gasteiger partial charge in [-0.2, -0.15) is 0 Å². The first-order valence-corrected chi connectivity index (χ1v) is 12.8. The van der Waals surface area contributed by atoms with E-state index < -0.39 is 6.61 Å². The summed E-state index contributed by atoms with van der Waals surface area (Å²) in [6.45, 7) is 7.34. The third kappa shape index (κ3) is 8.07. The first-order valence-electron chi connectivity index (χ1n) is 12.0. The number of aliphatic hydroxyl groups is 1. The summed E-state index contributed by atoms with van der Waals surface area (Å²) in [5.41, 5.74) is 1.36. The van der Waals surface area contributed by atoms with Gasteiger partial charge in [0.1, 0.15) is 12.4 Å². The molecule has 0 atom stereocenters. The monoisotopic (exact) mass is 494 g/mol. The molecule has 0 unspecified atom stereocenters. The average molecular weight is 496 g/mol. The first-order chi connectivity index (χ1) is 14.9. The number of halogens is 1. The van der Waals surface area contributed by atoms with Gasteiger partial charge in [-0.25, -0.2) is 0 Å². The molecule has 2 N–H and O–H groups in total. The Morgan fingerprint density at radius 3 is 2.52 bits per heavy atom. The summed E-state index contributed by atoms with van der Waals surface area (Å²) in [4.78, 5) is 14.0. The van der Waals surface area contributed by atoms with E-state index in [2.05, 4.69) is 52.1 Å². The van der Waals surface area contributed by atoms with E-state index in [-0.39, 0.29) is 18.1 Å². The van der Waals surface area contributed by atoms with Crippen LogP contribution >= 0.6 is 15.9 Å². The van der Waals surface area contributed by atoms with Crippen LogP contribution in [0.25, 0.3) is 0 Å². The molecule has 0 spiro atoms. The molecule has 0 radical (unpaired) electrons. The summed E-state index contributed by atoms with van der Waals surface area (Å²) in [6, 6.07) is 6.63. The molecular weight excluding hydrogens is 456 g/mol. The van der Waals surface area contributed by atoms with E-state index in [1.807, 2.05) is 6.07 Å². The Kier molecular flexibility index (Phi) is 9.67. The van der Waals surface area contributed by atoms with E-state index in [1.54, 1.807) is 0 Å². The minimum atomic E-state index is -0.399. The van der Waals surface area contributed by atoms with E-state index in [1.165, 1.54) is 61.8 Å². The maximum Gasteiger partial charge on any atom is 0.245 e. The molecule has 1 aliphatic carbocycles. The van der Waals surface area contributed by atoms with Gasteiger partial charge in [0.25, 0.3) is 0 Å². The zero-order chi connectivity index (χ0) is 22.2. The number of piperidine rings is 1. The molecule has 1 amide bonds. The van der Waals surface area contributed by atoms with E-state index in [0.717, 1.165) is 36.8 Å². The largest absolute Gasteiger partial charge is 0.491 e. The molecule has 1 aromatic carbocycles. The molecule has 1 aliphatic heterocycles. The third-order valence-corrected chi connectivity index (χ3v) is 7.59. The Bertz CT molecular complexity index is 696. The molecule has 31 heavy (non-hydrogen) atoms. The molecule has 2 fully saturated rings. The smallest absolute Gasteiger partial charge is 0.245 e. The van der Waals surface area contributed by atoms with Gasteiger partial charge in [-0.15, -0.1) is 0 Å². The Hall–Kier alpha value is -1.11. The number of benzene rings is 1. The Morgan fingerprint density at radius 1 is 1.16 bits per heavy atom. The van der Waals surface area contributed by atoms with Crippen LogP contribution < -0.4 is 10.1 Å². The maximum atomic E-state index is 11.3. The molecule has 5 nitrogen and oxygen atoms in total. The van der Waals surface area contributed by atoms with Gasteiger partial charge in [-0.1, -0.05) is 15.9 Å². The van der Waals surface area contributed by atoms with Crippen molar-refractivity contribution >= 4 is 21.8 Å². The SMILES string of the molecule is CC(C)Oc1ccc(Br)c(CC2CCN(CCC3CCC(NC(=O)CO)CC3)CC2)c1. The summed E-state index contributed by atoms with van der Waals surface area (Å²) in [7, 11) is 0. The lowest BCUT2D eigenvalue weighted by atomic mass is 9.83. The quantitative estimate of drug-likeness (QED) is 0.528. The second kappa shape index (κ2) is 12.2. The van der Waals surface area contributed by atoms with Crippen LogP contribution in [0.3, 0.4) is 0 Å². The molecule has 2 aliphatic rings. The summed E-state index contributed by atoms with van der Waals surface area (Å²) in [5.74, 6) is 2.25. The van der Waals surface area contributed by atoms with Crippen LogP contribution in [0.4, 0.5) is 0 Å². The highest BCUT2D eigenvalue weighted by Gasteiger charge is 2.24. The fourth-order valence-electron chi connectivity index (χ4n) is 5.01. The van der Waals surface area contributed by atoms with Gasteiger partial charge in [-0.05, 0) is 120 Å². The molecular formula is C25H39BrN2O3. The van der Waals surface area contributed by atoms with Gasteiger partial charge in [0.15, 0.2) is 0 Å². The number of carbonyl (C=O) groups excluding carboxylic acids is 1. The van der Waals surface area contributed by atoms with Crippen LogP contribution in [0.5, 0.6) is 5.75 Å². The number of nitrogens with one attached hydrogen (secondary N) is 1. The highest BCUT2D eigenvalue weighted by molar-refractivity contribution is 9.10. The van der Waals surface area contributed by atoms with Crippen LogP contribution in [-0.2, 0) is 11.2 Å². The molecule has 0 aromatic heterocycles. The number of hydrogen-bond donors (Lipinski definition) is 2. The number of rotatable bonds is 9. The normalized spacial score (nSPS) is 23.1. The van der Waals surface area contributed by atoms with Crippen molar-refractivity contribution in [3.63, 3.8) is 0 Å². The predicted molar refractivity (Wildman–Crippen MR) is 128 cm³/mol. The van der Waals surface area contributed by atoms with Crippen molar-refractivity contribution in [2.24, 2.45) is 11.8 Å². The summed E-state index contributed by atoms with van der Waals surface area (Å²) < 4.78 is 7.07. The Morgan fingerprint density at radius 2 is 1.87 bits per heavy atom. The maximum absolute atomic E-state index is 11.3. The number of aliphatic hydroxyl groups excluding tert-OH is 1. The van der Waals surface area contributed by atoms with Gasteiger partial charge in [-0.3, -0.25) is 4.79 Å². The van der Waals surface area contributed by atoms with E-state index >= 15 is 0 Å². The average Bonchev–Trinajstić information content (AvgIpc) is 2.76. The summed E-state index contributed by atoms with van der Waals surface area (Å²) in [5, 5.41) is 11.8. The highest BCUT2D eigenvalue weighted by Crippen LogP contribution is 2.30. The number of hydrogen-bond acceptors (Lipinski definition) is 4. The van der Waals surface area contributed by atoms with E-state index in [9.17, 15) is 4.79 Å². The molecule has 6 heteroatoms. The van der Waals surface area contributed by atoms with Crippen molar-refractivity contribution < 1.29 is 14.6 Å². The second-order valence-electron chi connectivity index (χ2n) is 9.64. The van der Waals surface area contributed by atoms with Crippen molar-refractivity contribution in [1.82, 2.24) is 10.2 Å². The van der Waals surface area contributed by atoms with Gasteiger partial charge < -0.3 is 20.1 Å². The molecule has 1 heterocycles. The molecule has 1 saturated carbocycles. The topological polar surface area (TPSA) is 61.8 Å². The predicted octanol–water partition coefficient (Wildman–Crippen LogP) is 4.55. The minimum Gasteiger partial charge on any atom is -0.491 e. The fraction of sp³-hybridized carbons (Fsp3) is 0.720. The van der Waals surface area contributed by atoms with E-state index in [0.29, 0.717) is 0 Å². The van der Waals surface area contributed by atoms with Crippen LogP contribution in [0.15, 0.2) is 22.7 Å². The van der Waals surface area contributed by atoms with Gasteiger partial charge in [0.05, 0.1) is 6.10 Å². The van der Waals surface area contributed by atoms with Crippen molar-refractivity contribution in [3.8, 4) is 5.75 Å². The number of ether oxygens (including phenoxy) is 1. The zero-order valence-corrected chi connectivity index (χ0v) is 20.7. The lowest BCUT2D eigenvalue weighted by molar-refractivity contribution is -0.124. The molecule has 1 saturated heterocycles. The summed E-state index contributed by atoms with van der Waals surface area (Å²) >= 11 is 3.72. The van der Waals surface area contributed by atoms with E-state index in [4.69, 9.17) is 9.84 Å². The second-order valence-corrected chi connectivity index (χ2v) is 10.5. The van der Waals surface area contributed by atoms with Crippen molar-refractivity contribution in [2.45, 2.75) is 77.4 Å². The molecule has 1 aromatic rings. The number of carbonyl (C=O) groups is 1. The zero-order valence-electron chi connectivity index (χ0n) is 19.1. The van der Waals surface area contributed by atoms with Gasteiger partial charge in [0.2, 0.25) is 5.91 Å².